The zero-order valence-electron chi connectivity index (χ0n) is 36.2. The molecule has 4 saturated heterocycles. The summed E-state index contributed by atoms with van der Waals surface area (Å²) in [7, 11) is 0. The molecule has 1 unspecified atom stereocenters. The summed E-state index contributed by atoms with van der Waals surface area (Å²) in [6.45, 7) is -0.0673. The molecule has 4 fully saturated rings. The van der Waals surface area contributed by atoms with E-state index < -0.39 is 92.2 Å². The van der Waals surface area contributed by atoms with E-state index in [1.54, 1.807) is 0 Å². The van der Waals surface area contributed by atoms with Crippen LogP contribution in [0.1, 0.15) is 43.7 Å². The molecule has 67 heavy (non-hydrogen) atoms. The molecule has 0 radical (unpaired) electrons. The minimum Gasteiger partial charge on any atom is -0.491 e. The van der Waals surface area contributed by atoms with Crippen molar-refractivity contribution in [2.75, 3.05) is 58.5 Å². The number of aliphatic hydroxyl groups is 6. The standard InChI is InChI=1S/C39H58F3N7O17S/c1-19(52)44-29-31(55)34(65-66-36-33(57)32(56)30(54)24(15-50)64-36)25(16-51)63-35(29)47-62-17-20-6-7-21(38(48-49-38)39(40,41)42)14-23(20)61-13-12-60-11-10-59-9-8-43-27(53)5-3-2-4-26-28-22(18-67-26)45-37(58)46-28/h6-7,14,22,24-26,28-36,47,50-51,54-57H,2-5,8-13,15-18H2,1H3,(H,43,53)(H,44,52)(H2,45,46,58)/t22-,24+,25+,26-,28-,29+,30-,31+,32-,33+,34+,35?,36-/m0/s1. The quantitative estimate of drug-likeness (QED) is 0.0204. The maximum Gasteiger partial charge on any atom is 0.442 e. The number of fused-ring (bicyclic) bond motifs is 1. The first-order chi connectivity index (χ1) is 32.1. The van der Waals surface area contributed by atoms with Crippen molar-refractivity contribution in [2.45, 2.75) is 130 Å². The van der Waals surface area contributed by atoms with Crippen molar-refractivity contribution >= 4 is 29.6 Å². The van der Waals surface area contributed by atoms with Gasteiger partial charge >= 0.3 is 17.9 Å². The number of alkyl halides is 3. The molecule has 5 aliphatic heterocycles. The first-order valence-electron chi connectivity index (χ1n) is 21.7. The van der Waals surface area contributed by atoms with Gasteiger partial charge in [-0.3, -0.25) is 14.4 Å². The summed E-state index contributed by atoms with van der Waals surface area (Å²) in [4.78, 5) is 51.9. The molecule has 4 amide bonds. The molecule has 0 saturated carbocycles. The molecule has 0 aliphatic carbocycles. The fourth-order valence-electron chi connectivity index (χ4n) is 7.81. The molecule has 13 atom stereocenters. The van der Waals surface area contributed by atoms with Crippen molar-refractivity contribution in [1.82, 2.24) is 26.7 Å². The number of rotatable bonds is 26. The summed E-state index contributed by atoms with van der Waals surface area (Å²) < 4.78 is 69.7. The van der Waals surface area contributed by atoms with Crippen LogP contribution in [0.25, 0.3) is 0 Å². The number of nitrogens with zero attached hydrogens (tertiary/aromatic N) is 2. The van der Waals surface area contributed by atoms with E-state index in [2.05, 4.69) is 37.0 Å². The van der Waals surface area contributed by atoms with Crippen LogP contribution in [-0.2, 0) is 55.4 Å². The number of hydroxylamine groups is 1. The number of halogens is 3. The molecule has 378 valence electrons. The number of carbonyl (C=O) groups is 3. The number of benzene rings is 1. The Bertz CT molecular complexity index is 1820. The molecule has 11 N–H and O–H groups in total. The number of nitrogens with one attached hydrogen (secondary N) is 5. The van der Waals surface area contributed by atoms with E-state index in [9.17, 15) is 58.2 Å². The smallest absolute Gasteiger partial charge is 0.442 e. The van der Waals surface area contributed by atoms with Crippen molar-refractivity contribution in [3.63, 3.8) is 0 Å². The highest BCUT2D eigenvalue weighted by molar-refractivity contribution is 8.00. The maximum absolute atomic E-state index is 13.9. The second-order valence-electron chi connectivity index (χ2n) is 16.2. The average Bonchev–Trinajstić information content (AvgIpc) is 3.93. The number of unbranched alkanes of at least 4 members (excludes halogenated alkanes) is 1. The fourth-order valence-corrected chi connectivity index (χ4v) is 9.35. The lowest BCUT2D eigenvalue weighted by molar-refractivity contribution is -0.458. The van der Waals surface area contributed by atoms with E-state index in [0.29, 0.717) is 18.2 Å². The number of hydrogen-bond donors (Lipinski definition) is 11. The van der Waals surface area contributed by atoms with Crippen LogP contribution in [0, 0.1) is 0 Å². The minimum atomic E-state index is -4.83. The minimum absolute atomic E-state index is 0.00374. The van der Waals surface area contributed by atoms with E-state index in [-0.39, 0.29) is 80.5 Å². The van der Waals surface area contributed by atoms with E-state index in [0.717, 1.165) is 44.1 Å². The molecule has 5 heterocycles. The first kappa shape index (κ1) is 52.8. The molecule has 1 aromatic carbocycles. The molecule has 1 aromatic rings. The lowest BCUT2D eigenvalue weighted by Crippen LogP contribution is -2.68. The van der Waals surface area contributed by atoms with Gasteiger partial charge in [0.25, 0.3) is 0 Å². The van der Waals surface area contributed by atoms with Gasteiger partial charge in [0.15, 0.2) is 6.23 Å². The van der Waals surface area contributed by atoms with Crippen molar-refractivity contribution in [3.8, 4) is 5.75 Å². The maximum atomic E-state index is 13.9. The van der Waals surface area contributed by atoms with E-state index in [1.165, 1.54) is 6.07 Å². The van der Waals surface area contributed by atoms with Crippen LogP contribution in [0.3, 0.4) is 0 Å². The number of hydrogen-bond acceptors (Lipinski definition) is 21. The lowest BCUT2D eigenvalue weighted by Gasteiger charge is -2.44. The van der Waals surface area contributed by atoms with Crippen LogP contribution in [0.4, 0.5) is 18.0 Å². The van der Waals surface area contributed by atoms with Gasteiger partial charge in [0.1, 0.15) is 55.1 Å². The molecule has 28 heteroatoms. The summed E-state index contributed by atoms with van der Waals surface area (Å²) in [5, 5.41) is 79.2. The average molecular weight is 986 g/mol. The van der Waals surface area contributed by atoms with Crippen LogP contribution in [0.2, 0.25) is 0 Å². The largest absolute Gasteiger partial charge is 0.491 e. The number of carbonyl (C=O) groups excluding carboxylic acids is 3. The topological polar surface area (TPSA) is 331 Å². The van der Waals surface area contributed by atoms with E-state index in [4.69, 9.17) is 38.3 Å². The Morgan fingerprint density at radius 3 is 2.36 bits per heavy atom. The second kappa shape index (κ2) is 24.3. The third-order valence-corrected chi connectivity index (χ3v) is 13.0. The van der Waals surface area contributed by atoms with Crippen LogP contribution >= 0.6 is 11.8 Å². The van der Waals surface area contributed by atoms with Crippen molar-refractivity contribution < 1.29 is 96.5 Å². The zero-order chi connectivity index (χ0) is 48.3. The van der Waals surface area contributed by atoms with Crippen molar-refractivity contribution in [3.05, 3.63) is 29.3 Å². The highest BCUT2D eigenvalue weighted by Gasteiger charge is 2.65. The van der Waals surface area contributed by atoms with Gasteiger partial charge in [-0.1, -0.05) is 18.6 Å². The number of ether oxygens (including phenoxy) is 5. The molecule has 0 bridgehead atoms. The summed E-state index contributed by atoms with van der Waals surface area (Å²) in [6, 6.07) is 2.36. The van der Waals surface area contributed by atoms with E-state index >= 15 is 0 Å². The fraction of sp³-hybridized carbons (Fsp3) is 0.769. The predicted molar refractivity (Wildman–Crippen MR) is 220 cm³/mol. The van der Waals surface area contributed by atoms with Gasteiger partial charge in [0.2, 0.25) is 18.1 Å². The third kappa shape index (κ3) is 13.6. The number of aliphatic hydroxyl groups excluding tert-OH is 6. The summed E-state index contributed by atoms with van der Waals surface area (Å²) >= 11 is 1.83. The normalized spacial score (nSPS) is 32.0. The van der Waals surface area contributed by atoms with Gasteiger partial charge in [-0.15, -0.1) is 10.2 Å². The van der Waals surface area contributed by atoms with Gasteiger partial charge in [-0.25, -0.2) is 14.6 Å². The van der Waals surface area contributed by atoms with Crippen LogP contribution in [0.5, 0.6) is 5.75 Å². The van der Waals surface area contributed by atoms with Gasteiger partial charge in [0, 0.05) is 42.0 Å². The summed E-state index contributed by atoms with van der Waals surface area (Å²) in [5.41, 5.74) is -0.334. The van der Waals surface area contributed by atoms with Crippen LogP contribution < -0.4 is 31.5 Å². The molecular formula is C39H58F3N7O17S. The third-order valence-electron chi connectivity index (χ3n) is 11.5. The Morgan fingerprint density at radius 2 is 1.66 bits per heavy atom. The van der Waals surface area contributed by atoms with E-state index in [1.807, 2.05) is 11.8 Å². The van der Waals surface area contributed by atoms with Crippen molar-refractivity contribution in [1.29, 1.82) is 0 Å². The Morgan fingerprint density at radius 1 is 0.925 bits per heavy atom. The molecule has 6 rings (SSSR count). The monoisotopic (exact) mass is 985 g/mol. The van der Waals surface area contributed by atoms with Gasteiger partial charge < -0.3 is 75.6 Å². The van der Waals surface area contributed by atoms with Gasteiger partial charge in [0.05, 0.1) is 64.4 Å². The SMILES string of the molecule is CC(=O)N[C@H]1C(NOCc2ccc(C3(C(F)(F)F)N=N3)cc2OCCOCCOCCNC(=O)CCCC[C@@H]2SC[C@@H]3NC(=O)N[C@@H]32)O[C@H](CO)[C@@H](OO[C@@H]2O[C@H](CO)[C@H](O)[C@H](O)[C@H]2O)[C@@H]1O. The second-order valence-corrected chi connectivity index (χ2v) is 17.5. The highest BCUT2D eigenvalue weighted by Crippen LogP contribution is 2.53. The Kier molecular flexibility index (Phi) is 19.1. The number of urea groups is 1. The molecule has 5 aliphatic rings. The van der Waals surface area contributed by atoms with Crippen LogP contribution in [0.15, 0.2) is 28.4 Å². The Labute approximate surface area is 385 Å². The Hall–Kier alpha value is -3.59. The zero-order valence-corrected chi connectivity index (χ0v) is 37.1. The molecular weight excluding hydrogens is 928 g/mol. The van der Waals surface area contributed by atoms with Gasteiger partial charge in [-0.2, -0.15) is 30.4 Å². The first-order valence-corrected chi connectivity index (χ1v) is 22.7. The molecule has 0 aromatic heterocycles. The molecule has 24 nitrogen and oxygen atoms in total. The van der Waals surface area contributed by atoms with Crippen molar-refractivity contribution in [2.24, 2.45) is 10.2 Å². The van der Waals surface area contributed by atoms with Crippen LogP contribution in [-0.4, -0.2) is 192 Å². The number of amides is 4. The highest BCUT2D eigenvalue weighted by atomic mass is 32.2. The number of thioether (sulfide) groups is 1. The van der Waals surface area contributed by atoms with Gasteiger partial charge in [-0.05, 0) is 18.9 Å². The summed E-state index contributed by atoms with van der Waals surface area (Å²) in [6.07, 6.45) is -16.6. The summed E-state index contributed by atoms with van der Waals surface area (Å²) in [5.74, 6) is 0.103. The molecule has 0 spiro atoms. The Balaban J connectivity index is 0.931. The lowest BCUT2D eigenvalue weighted by atomic mass is 9.96. The predicted octanol–water partition coefficient (Wildman–Crippen LogP) is -2.16.